The van der Waals surface area contributed by atoms with E-state index in [9.17, 15) is 14.4 Å². The minimum Gasteiger partial charge on any atom is -0.499 e. The van der Waals surface area contributed by atoms with Gasteiger partial charge in [0.25, 0.3) is 0 Å². The highest BCUT2D eigenvalue weighted by molar-refractivity contribution is 5.94. The number of esters is 1. The molecule has 13 heteroatoms. The number of aliphatic hydroxyl groups is 2. The van der Waals surface area contributed by atoms with Crippen molar-refractivity contribution in [3.05, 3.63) is 41.7 Å². The smallest absolute Gasteiger partial charge is 0.327 e. The molecule has 1 aliphatic carbocycles. The number of fused-ring (bicyclic) bond motifs is 4. The van der Waals surface area contributed by atoms with Crippen LogP contribution in [0.2, 0.25) is 0 Å². The lowest BCUT2D eigenvalue weighted by Gasteiger charge is -2.48. The van der Waals surface area contributed by atoms with E-state index in [1.807, 2.05) is 24.3 Å². The summed E-state index contributed by atoms with van der Waals surface area (Å²) in [6, 6.07) is 6.52. The van der Waals surface area contributed by atoms with E-state index >= 15 is 0 Å². The molecule has 4 fully saturated rings. The van der Waals surface area contributed by atoms with Crippen LogP contribution in [0.3, 0.4) is 0 Å². The lowest BCUT2D eigenvalue weighted by Crippen LogP contribution is -2.69. The predicted octanol–water partition coefficient (Wildman–Crippen LogP) is 2.72. The fourth-order valence-electron chi connectivity index (χ4n) is 7.69. The summed E-state index contributed by atoms with van der Waals surface area (Å²) < 4.78 is 25.2. The zero-order chi connectivity index (χ0) is 34.9. The van der Waals surface area contributed by atoms with Crippen LogP contribution in [0.15, 0.2) is 30.5 Å². The Morgan fingerprint density at radius 2 is 1.73 bits per heavy atom. The van der Waals surface area contributed by atoms with Crippen LogP contribution in [0.25, 0.3) is 6.08 Å². The van der Waals surface area contributed by atoms with Crippen molar-refractivity contribution < 1.29 is 48.4 Å². The quantitative estimate of drug-likeness (QED) is 0.0905. The zero-order valence-electron chi connectivity index (χ0n) is 28.8. The first-order chi connectivity index (χ1) is 23.8. The molecule has 272 valence electrons. The Hall–Kier alpha value is -3.07. The number of aliphatic hydroxyl groups excluding tert-OH is 2. The fraction of sp³-hybridized carbons (Fsp3) is 0.694. The molecular weight excluding hydrogens is 634 g/mol. The summed E-state index contributed by atoms with van der Waals surface area (Å²) >= 11 is 0. The fourth-order valence-corrected chi connectivity index (χ4v) is 7.69. The van der Waals surface area contributed by atoms with E-state index < -0.39 is 53.5 Å². The molecular formula is C36H53N3O10. The van der Waals surface area contributed by atoms with Crippen molar-refractivity contribution >= 4 is 23.9 Å². The number of hydrogen-bond acceptors (Lipinski definition) is 11. The van der Waals surface area contributed by atoms with E-state index in [1.165, 1.54) is 6.26 Å². The number of hydrogen-bond donors (Lipinski definition) is 4. The lowest BCUT2D eigenvalue weighted by atomic mass is 9.62. The van der Waals surface area contributed by atoms with Gasteiger partial charge in [0.05, 0.1) is 26.0 Å². The van der Waals surface area contributed by atoms with Crippen molar-refractivity contribution in [2.24, 2.45) is 5.41 Å². The number of hydroxylamine groups is 2. The summed E-state index contributed by atoms with van der Waals surface area (Å²) in [7, 11) is 0. The predicted molar refractivity (Wildman–Crippen MR) is 178 cm³/mol. The van der Waals surface area contributed by atoms with Gasteiger partial charge in [-0.3, -0.25) is 19.2 Å². The van der Waals surface area contributed by atoms with E-state index in [-0.39, 0.29) is 58.2 Å². The maximum Gasteiger partial charge on any atom is 0.327 e. The van der Waals surface area contributed by atoms with Gasteiger partial charge >= 0.3 is 5.97 Å². The second-order valence-electron chi connectivity index (χ2n) is 13.4. The SMILES string of the molecule is CCCCCC1(CCCCC)OC2C3CC4(C(=O)NCCC(=O)NCCO)C(ON(Cc5ccccc5C=COCCO)C4C(=O)O3)C2O1. The Morgan fingerprint density at radius 1 is 1.00 bits per heavy atom. The molecule has 6 unspecified atom stereocenters. The van der Waals surface area contributed by atoms with Crippen molar-refractivity contribution in [1.82, 2.24) is 15.7 Å². The molecule has 2 amide bonds. The van der Waals surface area contributed by atoms with Gasteiger partial charge in [-0.2, -0.15) is 5.06 Å². The minimum absolute atomic E-state index is 0.0112. The Labute approximate surface area is 288 Å². The summed E-state index contributed by atoms with van der Waals surface area (Å²) in [5.74, 6) is -2.14. The van der Waals surface area contributed by atoms with Gasteiger partial charge in [0.15, 0.2) is 11.8 Å². The van der Waals surface area contributed by atoms with Crippen LogP contribution in [0, 0.1) is 5.41 Å². The normalized spacial score (nSPS) is 28.3. The molecule has 1 aromatic carbocycles. The monoisotopic (exact) mass is 687 g/mol. The van der Waals surface area contributed by atoms with Gasteiger partial charge in [-0.15, -0.1) is 0 Å². The van der Waals surface area contributed by atoms with Gasteiger partial charge < -0.3 is 39.8 Å². The summed E-state index contributed by atoms with van der Waals surface area (Å²) in [5, 5.41) is 25.2. The number of benzene rings is 1. The average molecular weight is 688 g/mol. The van der Waals surface area contributed by atoms with Crippen molar-refractivity contribution in [3.8, 4) is 0 Å². The number of unbranched alkanes of at least 4 members (excludes halogenated alkanes) is 4. The van der Waals surface area contributed by atoms with Gasteiger partial charge in [-0.05, 0) is 30.0 Å². The highest BCUT2D eigenvalue weighted by Gasteiger charge is 2.76. The summed E-state index contributed by atoms with van der Waals surface area (Å²) in [6.45, 7) is 4.51. The third-order valence-electron chi connectivity index (χ3n) is 10.0. The number of carbonyl (C=O) groups is 3. The molecule has 4 aliphatic rings. The number of ether oxygens (including phenoxy) is 4. The van der Waals surface area contributed by atoms with Crippen LogP contribution < -0.4 is 10.6 Å². The molecule has 6 atom stereocenters. The third kappa shape index (κ3) is 8.13. The molecule has 1 aromatic rings. The molecule has 5 rings (SSSR count). The van der Waals surface area contributed by atoms with Crippen molar-refractivity contribution in [2.45, 2.75) is 121 Å². The highest BCUT2D eigenvalue weighted by Crippen LogP contribution is 2.58. The molecule has 49 heavy (non-hydrogen) atoms. The topological polar surface area (TPSA) is 165 Å². The van der Waals surface area contributed by atoms with Crippen molar-refractivity contribution in [2.75, 3.05) is 32.9 Å². The lowest BCUT2D eigenvalue weighted by molar-refractivity contribution is -0.224. The third-order valence-corrected chi connectivity index (χ3v) is 10.0. The van der Waals surface area contributed by atoms with Crippen LogP contribution >= 0.6 is 0 Å². The number of carbonyl (C=O) groups excluding carboxylic acids is 3. The van der Waals surface area contributed by atoms with E-state index in [1.54, 1.807) is 11.1 Å². The second kappa shape index (κ2) is 17.2. The summed E-state index contributed by atoms with van der Waals surface area (Å²) in [6.07, 6.45) is 8.06. The average Bonchev–Trinajstić information content (AvgIpc) is 3.65. The first kappa shape index (κ1) is 37.2. The molecule has 3 saturated heterocycles. The van der Waals surface area contributed by atoms with E-state index in [4.69, 9.17) is 34.0 Å². The zero-order valence-corrected chi connectivity index (χ0v) is 28.8. The Morgan fingerprint density at radius 3 is 2.45 bits per heavy atom. The molecule has 3 aliphatic heterocycles. The summed E-state index contributed by atoms with van der Waals surface area (Å²) in [4.78, 5) is 47.4. The first-order valence-corrected chi connectivity index (χ1v) is 17.9. The van der Waals surface area contributed by atoms with E-state index in [2.05, 4.69) is 24.5 Å². The molecule has 2 bridgehead atoms. The second-order valence-corrected chi connectivity index (χ2v) is 13.4. The van der Waals surface area contributed by atoms with Crippen molar-refractivity contribution in [3.63, 3.8) is 0 Å². The maximum absolute atomic E-state index is 14.4. The van der Waals surface area contributed by atoms with E-state index in [0.717, 1.165) is 49.7 Å². The standard InChI is InChI=1S/C36H53N3O10/c1-3-5-9-15-35(16-10-6-4-2)47-29-27-23-36(34(44)38-17-13-28(42)37-18-19-40)31(33(43)46-27)39(49-32(36)30(29)48-35)24-26-12-8-7-11-25(26)14-21-45-22-20-41/h7-8,11-12,14,21,27,29-32,40-41H,3-6,9-10,13,15-20,22-24H2,1-2H3,(H,37,42)(H,38,44). The number of rotatable bonds is 20. The van der Waals surface area contributed by atoms with Gasteiger partial charge in [0.1, 0.15) is 36.4 Å². The molecule has 3 heterocycles. The number of nitrogens with zero attached hydrogens (tertiary/aromatic N) is 1. The van der Waals surface area contributed by atoms with Crippen LogP contribution in [0.4, 0.5) is 0 Å². The number of nitrogens with one attached hydrogen (secondary N) is 2. The van der Waals surface area contributed by atoms with Gasteiger partial charge in [-0.1, -0.05) is 63.8 Å². The summed E-state index contributed by atoms with van der Waals surface area (Å²) in [5.41, 5.74) is 0.284. The van der Waals surface area contributed by atoms with Crippen molar-refractivity contribution in [1.29, 1.82) is 0 Å². The highest BCUT2D eigenvalue weighted by atomic mass is 16.8. The number of amides is 2. The van der Waals surface area contributed by atoms with Gasteiger partial charge in [0.2, 0.25) is 11.8 Å². The van der Waals surface area contributed by atoms with Gasteiger partial charge in [0, 0.05) is 38.8 Å². The first-order valence-electron chi connectivity index (χ1n) is 17.9. The van der Waals surface area contributed by atoms with Crippen LogP contribution in [0.1, 0.15) is 89.2 Å². The van der Waals surface area contributed by atoms with E-state index in [0.29, 0.717) is 12.8 Å². The minimum atomic E-state index is -1.36. The van der Waals surface area contributed by atoms with Crippen LogP contribution in [0.5, 0.6) is 0 Å². The Bertz CT molecular complexity index is 1300. The molecule has 1 saturated carbocycles. The van der Waals surface area contributed by atoms with Crippen LogP contribution in [-0.2, 0) is 44.7 Å². The van der Waals surface area contributed by atoms with Crippen LogP contribution in [-0.4, -0.2) is 102 Å². The molecule has 0 aromatic heterocycles. The Balaban J connectivity index is 1.46. The maximum atomic E-state index is 14.4. The molecule has 0 spiro atoms. The Kier molecular flexibility index (Phi) is 13.1. The largest absolute Gasteiger partial charge is 0.499 e. The van der Waals surface area contributed by atoms with Gasteiger partial charge in [-0.25, -0.2) is 0 Å². The molecule has 13 nitrogen and oxygen atoms in total. The molecule has 0 radical (unpaired) electrons. The molecule has 4 N–H and O–H groups in total.